The smallest absolute Gasteiger partial charge is 0.336 e. The molecule has 102 valence electrons. The van der Waals surface area contributed by atoms with E-state index in [4.69, 9.17) is 4.74 Å². The SMILES string of the molecule is C=C(C(=O)OCC)C(O)c1ccc(Br)c([N+](=O)[O-])c1. The Kier molecular flexibility index (Phi) is 5.20. The van der Waals surface area contributed by atoms with Gasteiger partial charge in [0.15, 0.2) is 0 Å². The average molecular weight is 330 g/mol. The second-order valence-corrected chi connectivity index (χ2v) is 4.47. The Hall–Kier alpha value is -1.73. The van der Waals surface area contributed by atoms with Crippen molar-refractivity contribution in [2.45, 2.75) is 13.0 Å². The van der Waals surface area contributed by atoms with Gasteiger partial charge in [-0.15, -0.1) is 0 Å². The minimum absolute atomic E-state index is 0.158. The highest BCUT2D eigenvalue weighted by Gasteiger charge is 2.22. The molecule has 0 amide bonds. The molecular weight excluding hydrogens is 318 g/mol. The molecule has 0 radical (unpaired) electrons. The van der Waals surface area contributed by atoms with Crippen molar-refractivity contribution in [3.63, 3.8) is 0 Å². The molecule has 0 fully saturated rings. The van der Waals surface area contributed by atoms with Crippen molar-refractivity contribution in [2.24, 2.45) is 0 Å². The molecule has 19 heavy (non-hydrogen) atoms. The number of aliphatic hydroxyl groups excluding tert-OH is 1. The second-order valence-electron chi connectivity index (χ2n) is 3.62. The van der Waals surface area contributed by atoms with Crippen LogP contribution < -0.4 is 0 Å². The van der Waals surface area contributed by atoms with Gasteiger partial charge in [-0.1, -0.05) is 12.6 Å². The van der Waals surface area contributed by atoms with E-state index < -0.39 is 17.0 Å². The number of aliphatic hydroxyl groups is 1. The molecule has 0 aromatic heterocycles. The Morgan fingerprint density at radius 3 is 2.79 bits per heavy atom. The van der Waals surface area contributed by atoms with E-state index in [1.54, 1.807) is 6.92 Å². The Labute approximate surface area is 118 Å². The first kappa shape index (κ1) is 15.3. The largest absolute Gasteiger partial charge is 0.463 e. The zero-order chi connectivity index (χ0) is 14.6. The van der Waals surface area contributed by atoms with Crippen molar-refractivity contribution in [3.05, 3.63) is 50.5 Å². The molecule has 0 spiro atoms. The zero-order valence-corrected chi connectivity index (χ0v) is 11.7. The maximum Gasteiger partial charge on any atom is 0.336 e. The van der Waals surface area contributed by atoms with Gasteiger partial charge in [-0.2, -0.15) is 0 Å². The maximum absolute atomic E-state index is 11.4. The summed E-state index contributed by atoms with van der Waals surface area (Å²) in [6.45, 7) is 5.23. The highest BCUT2D eigenvalue weighted by Crippen LogP contribution is 2.30. The zero-order valence-electron chi connectivity index (χ0n) is 10.1. The molecule has 0 aliphatic rings. The molecule has 0 bridgehead atoms. The molecule has 1 rings (SSSR count). The fourth-order valence-electron chi connectivity index (χ4n) is 1.38. The number of nitro groups is 1. The fraction of sp³-hybridized carbons (Fsp3) is 0.250. The summed E-state index contributed by atoms with van der Waals surface area (Å²) in [5.41, 5.74) is -0.167. The molecular formula is C12H12BrNO5. The number of benzene rings is 1. The van der Waals surface area contributed by atoms with Crippen molar-refractivity contribution in [3.8, 4) is 0 Å². The summed E-state index contributed by atoms with van der Waals surface area (Å²) in [5, 5.41) is 20.7. The number of halogens is 1. The second kappa shape index (κ2) is 6.44. The first-order chi connectivity index (χ1) is 8.88. The summed E-state index contributed by atoms with van der Waals surface area (Å²) in [7, 11) is 0. The monoisotopic (exact) mass is 329 g/mol. The Bertz CT molecular complexity index is 529. The molecule has 7 heteroatoms. The summed E-state index contributed by atoms with van der Waals surface area (Å²) in [5.74, 6) is -0.736. The molecule has 0 saturated carbocycles. The van der Waals surface area contributed by atoms with Crippen LogP contribution in [0.15, 0.2) is 34.8 Å². The highest BCUT2D eigenvalue weighted by molar-refractivity contribution is 9.10. The van der Waals surface area contributed by atoms with Gasteiger partial charge < -0.3 is 9.84 Å². The number of rotatable bonds is 5. The number of esters is 1. The van der Waals surface area contributed by atoms with Crippen LogP contribution in [0.5, 0.6) is 0 Å². The van der Waals surface area contributed by atoms with Gasteiger partial charge in [0.2, 0.25) is 0 Å². The lowest BCUT2D eigenvalue weighted by Crippen LogP contribution is -2.13. The Morgan fingerprint density at radius 1 is 1.63 bits per heavy atom. The number of carbonyl (C=O) groups is 1. The van der Waals surface area contributed by atoms with E-state index in [1.165, 1.54) is 18.2 Å². The molecule has 1 aromatic rings. The molecule has 0 aliphatic carbocycles. The van der Waals surface area contributed by atoms with Crippen molar-refractivity contribution in [2.75, 3.05) is 6.61 Å². The van der Waals surface area contributed by atoms with Crippen LogP contribution in [0.3, 0.4) is 0 Å². The standard InChI is InChI=1S/C12H12BrNO5/c1-3-19-12(16)7(2)11(15)8-4-5-9(13)10(6-8)14(17)18/h4-6,11,15H,2-3H2,1H3. The number of hydrogen-bond donors (Lipinski definition) is 1. The molecule has 0 aliphatic heterocycles. The number of hydrogen-bond acceptors (Lipinski definition) is 5. The number of ether oxygens (including phenoxy) is 1. The van der Waals surface area contributed by atoms with Gasteiger partial charge >= 0.3 is 5.97 Å². The summed E-state index contributed by atoms with van der Waals surface area (Å²) in [6.07, 6.45) is -1.34. The summed E-state index contributed by atoms with van der Waals surface area (Å²) >= 11 is 3.03. The molecule has 6 nitrogen and oxygen atoms in total. The van der Waals surface area contributed by atoms with E-state index in [2.05, 4.69) is 22.5 Å². The summed E-state index contributed by atoms with van der Waals surface area (Å²) in [6, 6.07) is 4.07. The molecule has 1 aromatic carbocycles. The Morgan fingerprint density at radius 2 is 2.26 bits per heavy atom. The number of nitro benzene ring substituents is 1. The van der Waals surface area contributed by atoms with E-state index in [9.17, 15) is 20.0 Å². The predicted molar refractivity (Wildman–Crippen MR) is 71.5 cm³/mol. The molecule has 1 unspecified atom stereocenters. The minimum atomic E-state index is -1.34. The van der Waals surface area contributed by atoms with Crippen LogP contribution in [0.1, 0.15) is 18.6 Å². The quantitative estimate of drug-likeness (QED) is 0.388. The van der Waals surface area contributed by atoms with E-state index in [0.717, 1.165) is 0 Å². The van der Waals surface area contributed by atoms with E-state index >= 15 is 0 Å². The van der Waals surface area contributed by atoms with Gasteiger partial charge in [-0.3, -0.25) is 10.1 Å². The third-order valence-corrected chi connectivity index (χ3v) is 3.02. The number of carbonyl (C=O) groups excluding carboxylic acids is 1. The summed E-state index contributed by atoms with van der Waals surface area (Å²) in [4.78, 5) is 21.6. The van der Waals surface area contributed by atoms with Crippen LogP contribution >= 0.6 is 15.9 Å². The van der Waals surface area contributed by atoms with E-state index in [0.29, 0.717) is 0 Å². The lowest BCUT2D eigenvalue weighted by Gasteiger charge is -2.13. The van der Waals surface area contributed by atoms with Crippen LogP contribution in [-0.2, 0) is 9.53 Å². The predicted octanol–water partition coefficient (Wildman–Crippen LogP) is 2.51. The van der Waals surface area contributed by atoms with Crippen LogP contribution in [0.25, 0.3) is 0 Å². The maximum atomic E-state index is 11.4. The molecule has 0 heterocycles. The van der Waals surface area contributed by atoms with Gasteiger partial charge in [0.25, 0.3) is 5.69 Å². The first-order valence-electron chi connectivity index (χ1n) is 5.36. The van der Waals surface area contributed by atoms with Crippen molar-refractivity contribution in [1.82, 2.24) is 0 Å². The molecule has 1 atom stereocenters. The lowest BCUT2D eigenvalue weighted by atomic mass is 10.0. The lowest BCUT2D eigenvalue weighted by molar-refractivity contribution is -0.385. The van der Waals surface area contributed by atoms with Gasteiger partial charge in [0.05, 0.1) is 21.6 Å². The highest BCUT2D eigenvalue weighted by atomic mass is 79.9. The molecule has 1 N–H and O–H groups in total. The van der Waals surface area contributed by atoms with Crippen molar-refractivity contribution >= 4 is 27.6 Å². The third-order valence-electron chi connectivity index (χ3n) is 2.35. The Balaban J connectivity index is 3.03. The third kappa shape index (κ3) is 3.62. The van der Waals surface area contributed by atoms with Gasteiger partial charge in [0, 0.05) is 6.07 Å². The normalized spacial score (nSPS) is 11.7. The molecule has 0 saturated heterocycles. The van der Waals surface area contributed by atoms with Crippen molar-refractivity contribution < 1.29 is 19.6 Å². The van der Waals surface area contributed by atoms with E-state index in [-0.39, 0.29) is 27.9 Å². The fourth-order valence-corrected chi connectivity index (χ4v) is 1.77. The van der Waals surface area contributed by atoms with Crippen LogP contribution in [-0.4, -0.2) is 22.6 Å². The van der Waals surface area contributed by atoms with Crippen LogP contribution in [0.2, 0.25) is 0 Å². The average Bonchev–Trinajstić information content (AvgIpc) is 2.37. The minimum Gasteiger partial charge on any atom is -0.463 e. The van der Waals surface area contributed by atoms with Crippen LogP contribution in [0.4, 0.5) is 5.69 Å². The summed E-state index contributed by atoms with van der Waals surface area (Å²) < 4.78 is 4.99. The van der Waals surface area contributed by atoms with Crippen LogP contribution in [0, 0.1) is 10.1 Å². The first-order valence-corrected chi connectivity index (χ1v) is 6.15. The van der Waals surface area contributed by atoms with Crippen molar-refractivity contribution in [1.29, 1.82) is 0 Å². The van der Waals surface area contributed by atoms with Gasteiger partial charge in [-0.05, 0) is 34.5 Å². The number of nitrogens with zero attached hydrogens (tertiary/aromatic N) is 1. The topological polar surface area (TPSA) is 89.7 Å². The van der Waals surface area contributed by atoms with Gasteiger partial charge in [0.1, 0.15) is 6.10 Å². The van der Waals surface area contributed by atoms with Gasteiger partial charge in [-0.25, -0.2) is 4.79 Å². The van der Waals surface area contributed by atoms with E-state index in [1.807, 2.05) is 0 Å².